The molecule has 2 aromatic heterocycles. The zero-order valence-electron chi connectivity index (χ0n) is 16.4. The van der Waals surface area contributed by atoms with Crippen molar-refractivity contribution in [2.24, 2.45) is 0 Å². The number of piperazine rings is 1. The number of H-pyrrole nitrogens is 1. The third-order valence-electron chi connectivity index (χ3n) is 5.26. The summed E-state index contributed by atoms with van der Waals surface area (Å²) in [7, 11) is 0. The molecule has 0 atom stereocenters. The third kappa shape index (κ3) is 4.06. The number of nitrogens with zero attached hydrogens (tertiary/aromatic N) is 5. The molecular weight excluding hydrogens is 478 g/mol. The van der Waals surface area contributed by atoms with Crippen molar-refractivity contribution in [3.8, 4) is 6.07 Å². The molecule has 3 aromatic rings. The number of nitriles is 1. The maximum atomic E-state index is 13.0. The lowest BCUT2D eigenvalue weighted by Crippen LogP contribution is -2.47. The van der Waals surface area contributed by atoms with E-state index < -0.39 is 29.0 Å². The molecule has 1 aliphatic heterocycles. The molecule has 0 aliphatic carbocycles. The van der Waals surface area contributed by atoms with Crippen molar-refractivity contribution in [3.05, 3.63) is 56.5 Å². The molecule has 1 saturated heterocycles. The summed E-state index contributed by atoms with van der Waals surface area (Å²) in [4.78, 5) is 17.9. The topological polar surface area (TPSA) is 80.4 Å². The van der Waals surface area contributed by atoms with Crippen molar-refractivity contribution in [2.75, 3.05) is 36.0 Å². The van der Waals surface area contributed by atoms with Gasteiger partial charge in [0.1, 0.15) is 17.2 Å². The molecule has 4 rings (SSSR count). The summed E-state index contributed by atoms with van der Waals surface area (Å²) in [5.41, 5.74) is -3.60. The fourth-order valence-corrected chi connectivity index (χ4v) is 3.93. The molecule has 3 heterocycles. The van der Waals surface area contributed by atoms with Gasteiger partial charge in [-0.15, -0.1) is 5.10 Å². The Bertz CT molecular complexity index is 1310. The molecule has 174 valence electrons. The lowest BCUT2D eigenvalue weighted by molar-refractivity contribution is -0.139. The Labute approximate surface area is 186 Å². The van der Waals surface area contributed by atoms with Crippen LogP contribution in [0, 0.1) is 11.3 Å². The first kappa shape index (κ1) is 22.8. The first-order chi connectivity index (χ1) is 15.4. The molecule has 0 bridgehead atoms. The van der Waals surface area contributed by atoms with E-state index >= 15 is 0 Å². The molecule has 0 amide bonds. The van der Waals surface area contributed by atoms with Gasteiger partial charge < -0.3 is 14.8 Å². The Balaban J connectivity index is 1.61. The zero-order chi connectivity index (χ0) is 24.1. The third-order valence-corrected chi connectivity index (χ3v) is 5.56. The van der Waals surface area contributed by atoms with E-state index in [0.717, 1.165) is 12.1 Å². The summed E-state index contributed by atoms with van der Waals surface area (Å²) in [5.74, 6) is 0.0309. The Kier molecular flexibility index (Phi) is 5.44. The highest BCUT2D eigenvalue weighted by Gasteiger charge is 2.36. The fraction of sp³-hybridized carbons (Fsp3) is 0.316. The second-order valence-electron chi connectivity index (χ2n) is 7.21. The molecule has 1 aliphatic rings. The SMILES string of the molecule is N#Cc1c(N2CCN(c3ccc(C(F)(F)F)cc3Cl)CC2)nn2c(=O)c(C(F)(F)F)c[nH]c12. The van der Waals surface area contributed by atoms with E-state index in [0.29, 0.717) is 16.4 Å². The van der Waals surface area contributed by atoms with Gasteiger partial charge in [0.15, 0.2) is 11.5 Å². The van der Waals surface area contributed by atoms with E-state index in [-0.39, 0.29) is 48.2 Å². The quantitative estimate of drug-likeness (QED) is 0.551. The molecule has 0 saturated carbocycles. The van der Waals surface area contributed by atoms with Gasteiger partial charge in [-0.3, -0.25) is 4.79 Å². The first-order valence-corrected chi connectivity index (χ1v) is 9.78. The number of alkyl halides is 6. The molecule has 14 heteroatoms. The van der Waals surface area contributed by atoms with Crippen molar-refractivity contribution >= 4 is 28.8 Å². The van der Waals surface area contributed by atoms with Crippen LogP contribution >= 0.6 is 11.6 Å². The fourth-order valence-electron chi connectivity index (χ4n) is 3.63. The maximum absolute atomic E-state index is 13.0. The average Bonchev–Trinajstić information content (AvgIpc) is 3.12. The summed E-state index contributed by atoms with van der Waals surface area (Å²) < 4.78 is 78.2. The number of anilines is 2. The second-order valence-corrected chi connectivity index (χ2v) is 7.62. The van der Waals surface area contributed by atoms with E-state index in [9.17, 15) is 36.4 Å². The molecule has 1 aromatic carbocycles. The van der Waals surface area contributed by atoms with E-state index in [4.69, 9.17) is 11.6 Å². The van der Waals surface area contributed by atoms with E-state index in [1.165, 1.54) is 6.07 Å². The Morgan fingerprint density at radius 1 is 1.03 bits per heavy atom. The molecule has 33 heavy (non-hydrogen) atoms. The molecule has 0 unspecified atom stereocenters. The van der Waals surface area contributed by atoms with Gasteiger partial charge in [-0.05, 0) is 18.2 Å². The largest absolute Gasteiger partial charge is 0.423 e. The minimum absolute atomic E-state index is 0.0309. The number of rotatable bonds is 2. The van der Waals surface area contributed by atoms with Gasteiger partial charge >= 0.3 is 12.4 Å². The highest BCUT2D eigenvalue weighted by Crippen LogP contribution is 2.36. The molecule has 0 radical (unpaired) electrons. The van der Waals surface area contributed by atoms with Gasteiger partial charge in [0.2, 0.25) is 0 Å². The highest BCUT2D eigenvalue weighted by atomic mass is 35.5. The molecule has 1 N–H and O–H groups in total. The van der Waals surface area contributed by atoms with Crippen molar-refractivity contribution < 1.29 is 26.3 Å². The van der Waals surface area contributed by atoms with Crippen molar-refractivity contribution in [3.63, 3.8) is 0 Å². The van der Waals surface area contributed by atoms with Crippen LogP contribution in [-0.2, 0) is 12.4 Å². The zero-order valence-corrected chi connectivity index (χ0v) is 17.2. The number of nitrogens with one attached hydrogen (secondary N) is 1. The van der Waals surface area contributed by atoms with Crippen LogP contribution in [-0.4, -0.2) is 40.8 Å². The number of halogens is 7. The van der Waals surface area contributed by atoms with Gasteiger partial charge in [-0.1, -0.05) is 11.6 Å². The van der Waals surface area contributed by atoms with Crippen LogP contribution in [0.25, 0.3) is 5.65 Å². The minimum atomic E-state index is -4.90. The van der Waals surface area contributed by atoms with Crippen molar-refractivity contribution in [2.45, 2.75) is 12.4 Å². The van der Waals surface area contributed by atoms with Crippen LogP contribution in [0.5, 0.6) is 0 Å². The summed E-state index contributed by atoms with van der Waals surface area (Å²) in [6.45, 7) is 1.03. The van der Waals surface area contributed by atoms with Gasteiger partial charge in [0.25, 0.3) is 5.56 Å². The van der Waals surface area contributed by atoms with Crippen LogP contribution in [0.1, 0.15) is 16.7 Å². The number of fused-ring (bicyclic) bond motifs is 1. The Hall–Kier alpha value is -3.40. The van der Waals surface area contributed by atoms with Crippen LogP contribution in [0.4, 0.5) is 37.8 Å². The van der Waals surface area contributed by atoms with Gasteiger partial charge in [0, 0.05) is 32.4 Å². The average molecular weight is 491 g/mol. The normalized spacial score (nSPS) is 15.2. The molecule has 1 fully saturated rings. The Morgan fingerprint density at radius 3 is 2.21 bits per heavy atom. The van der Waals surface area contributed by atoms with Gasteiger partial charge in [0.05, 0.1) is 16.3 Å². The maximum Gasteiger partial charge on any atom is 0.423 e. The van der Waals surface area contributed by atoms with E-state index in [1.807, 2.05) is 6.07 Å². The molecule has 7 nitrogen and oxygen atoms in total. The predicted octanol–water partition coefficient (Wildman–Crippen LogP) is 3.91. The van der Waals surface area contributed by atoms with Crippen molar-refractivity contribution in [1.29, 1.82) is 5.26 Å². The number of benzene rings is 1. The number of hydrogen-bond acceptors (Lipinski definition) is 5. The van der Waals surface area contributed by atoms with Crippen LogP contribution in [0.15, 0.2) is 29.2 Å². The predicted molar refractivity (Wildman–Crippen MR) is 106 cm³/mol. The number of aromatic nitrogens is 3. The summed E-state index contributed by atoms with van der Waals surface area (Å²) in [5, 5.41) is 13.4. The molecular formula is C19H13ClF6N6O. The standard InChI is InChI=1S/C19H13ClF6N6O/c20-13-7-10(18(21,22)23)1-2-14(13)30-3-5-31(6-4-30)16-11(8-27)15-28-9-12(19(24,25)26)17(33)32(15)29-16/h1-2,7,9,28H,3-6H2. The monoisotopic (exact) mass is 490 g/mol. The van der Waals surface area contributed by atoms with E-state index in [2.05, 4.69) is 10.1 Å². The Morgan fingerprint density at radius 2 is 1.67 bits per heavy atom. The smallest absolute Gasteiger partial charge is 0.367 e. The summed E-state index contributed by atoms with van der Waals surface area (Å²) in [6.07, 6.45) is -8.93. The summed E-state index contributed by atoms with van der Waals surface area (Å²) in [6, 6.07) is 4.88. The number of hydrogen-bond donors (Lipinski definition) is 1. The summed E-state index contributed by atoms with van der Waals surface area (Å²) >= 11 is 6.05. The van der Waals surface area contributed by atoms with Crippen LogP contribution in [0.3, 0.4) is 0 Å². The van der Waals surface area contributed by atoms with Gasteiger partial charge in [-0.2, -0.15) is 36.1 Å². The van der Waals surface area contributed by atoms with E-state index in [1.54, 1.807) is 9.80 Å². The highest BCUT2D eigenvalue weighted by molar-refractivity contribution is 6.33. The van der Waals surface area contributed by atoms with Crippen LogP contribution < -0.4 is 15.4 Å². The molecule has 0 spiro atoms. The lowest BCUT2D eigenvalue weighted by Gasteiger charge is -2.36. The minimum Gasteiger partial charge on any atom is -0.367 e. The lowest BCUT2D eigenvalue weighted by atomic mass is 10.1. The second kappa shape index (κ2) is 7.87. The first-order valence-electron chi connectivity index (χ1n) is 9.40. The number of aromatic amines is 1. The van der Waals surface area contributed by atoms with Crippen LogP contribution in [0.2, 0.25) is 5.02 Å². The van der Waals surface area contributed by atoms with Gasteiger partial charge in [-0.25, -0.2) is 0 Å². The van der Waals surface area contributed by atoms with Crippen molar-refractivity contribution in [1.82, 2.24) is 14.6 Å².